The summed E-state index contributed by atoms with van der Waals surface area (Å²) in [5.41, 5.74) is 0.333. The molecular formula is C15H27BN2O2S. The highest BCUT2D eigenvalue weighted by Crippen LogP contribution is 2.37. The van der Waals surface area contributed by atoms with E-state index in [-0.39, 0.29) is 18.3 Å². The highest BCUT2D eigenvalue weighted by atomic mass is 32.1. The van der Waals surface area contributed by atoms with E-state index in [0.717, 1.165) is 30.1 Å². The van der Waals surface area contributed by atoms with E-state index in [4.69, 9.17) is 14.3 Å². The molecule has 1 aromatic rings. The zero-order valence-corrected chi connectivity index (χ0v) is 15.1. The van der Waals surface area contributed by atoms with Crippen molar-refractivity contribution in [2.45, 2.75) is 65.6 Å². The Hall–Kier alpha value is -0.585. The summed E-state index contributed by atoms with van der Waals surface area (Å²) in [6.07, 6.45) is 2.12. The molecule has 0 saturated carbocycles. The van der Waals surface area contributed by atoms with Gasteiger partial charge in [-0.25, -0.2) is 4.98 Å². The minimum Gasteiger partial charge on any atom is -0.398 e. The fourth-order valence-corrected chi connectivity index (χ4v) is 3.40. The summed E-state index contributed by atoms with van der Waals surface area (Å²) in [6.45, 7) is 13.6. The Labute approximate surface area is 133 Å². The van der Waals surface area contributed by atoms with Gasteiger partial charge < -0.3 is 14.2 Å². The minimum atomic E-state index is -0.355. The molecule has 1 aromatic heterocycles. The van der Waals surface area contributed by atoms with Crippen molar-refractivity contribution in [2.75, 3.05) is 18.5 Å². The largest absolute Gasteiger partial charge is 0.515 e. The number of aryl methyl sites for hydroxylation is 1. The first-order valence-electron chi connectivity index (χ1n) is 7.78. The van der Waals surface area contributed by atoms with E-state index in [1.807, 2.05) is 0 Å². The van der Waals surface area contributed by atoms with Crippen LogP contribution in [0.15, 0.2) is 0 Å². The number of aromatic nitrogens is 1. The van der Waals surface area contributed by atoms with E-state index in [1.165, 1.54) is 4.88 Å². The molecule has 0 bridgehead atoms. The quantitative estimate of drug-likeness (QED) is 0.783. The molecule has 0 amide bonds. The zero-order chi connectivity index (χ0) is 15.8. The van der Waals surface area contributed by atoms with Crippen LogP contribution >= 0.6 is 11.3 Å². The van der Waals surface area contributed by atoms with E-state index in [1.54, 1.807) is 11.3 Å². The van der Waals surface area contributed by atoms with Crippen molar-refractivity contribution in [3.63, 3.8) is 0 Å². The smallest absolute Gasteiger partial charge is 0.398 e. The predicted molar refractivity (Wildman–Crippen MR) is 90.8 cm³/mol. The highest BCUT2D eigenvalue weighted by Gasteiger charge is 2.53. The second kappa shape index (κ2) is 5.90. The summed E-state index contributed by atoms with van der Waals surface area (Å²) in [5.74, 6) is 0. The Morgan fingerprint density at radius 1 is 1.14 bits per heavy atom. The third kappa shape index (κ3) is 3.12. The van der Waals surface area contributed by atoms with Crippen LogP contribution in [0.5, 0.6) is 0 Å². The maximum Gasteiger partial charge on any atom is 0.515 e. The average Bonchev–Trinajstić information content (AvgIpc) is 2.89. The fraction of sp³-hybridized carbons (Fsp3) is 0.800. The van der Waals surface area contributed by atoms with Crippen LogP contribution in [0.25, 0.3) is 0 Å². The number of thiazole rings is 1. The van der Waals surface area contributed by atoms with Gasteiger partial charge in [-0.05, 0) is 41.0 Å². The van der Waals surface area contributed by atoms with E-state index in [9.17, 15) is 0 Å². The SMILES string of the molecule is CCCc1sc(N(C)CC)nc1B1OC(C)(C)C(C)(C)O1. The Kier molecular flexibility index (Phi) is 4.71. The van der Waals surface area contributed by atoms with Crippen LogP contribution in [-0.2, 0) is 15.7 Å². The second-order valence-corrected chi connectivity index (χ2v) is 7.72. The zero-order valence-electron chi connectivity index (χ0n) is 14.3. The molecule has 4 nitrogen and oxygen atoms in total. The van der Waals surface area contributed by atoms with Crippen molar-refractivity contribution in [3.05, 3.63) is 4.88 Å². The van der Waals surface area contributed by atoms with Crippen molar-refractivity contribution in [1.29, 1.82) is 0 Å². The van der Waals surface area contributed by atoms with Crippen molar-refractivity contribution < 1.29 is 9.31 Å². The van der Waals surface area contributed by atoms with Crippen LogP contribution in [0.1, 0.15) is 52.8 Å². The summed E-state index contributed by atoms with van der Waals surface area (Å²) >= 11 is 1.76. The molecule has 0 aromatic carbocycles. The molecule has 2 heterocycles. The number of nitrogens with zero attached hydrogens (tertiary/aromatic N) is 2. The molecule has 6 heteroatoms. The molecule has 0 radical (unpaired) electrons. The maximum atomic E-state index is 6.17. The second-order valence-electron chi connectivity index (χ2n) is 6.66. The molecule has 0 aliphatic carbocycles. The molecule has 118 valence electrons. The van der Waals surface area contributed by atoms with E-state index in [2.05, 4.69) is 53.5 Å². The first-order chi connectivity index (χ1) is 9.71. The molecule has 1 aliphatic heterocycles. The lowest BCUT2D eigenvalue weighted by molar-refractivity contribution is 0.00578. The van der Waals surface area contributed by atoms with Gasteiger partial charge in [0.1, 0.15) is 0 Å². The molecule has 1 saturated heterocycles. The summed E-state index contributed by atoms with van der Waals surface area (Å²) < 4.78 is 12.3. The summed E-state index contributed by atoms with van der Waals surface area (Å²) in [5, 5.41) is 1.05. The van der Waals surface area contributed by atoms with Crippen LogP contribution in [0.4, 0.5) is 5.13 Å². The van der Waals surface area contributed by atoms with Crippen molar-refractivity contribution in [3.8, 4) is 0 Å². The molecule has 0 spiro atoms. The molecule has 1 fully saturated rings. The summed E-state index contributed by atoms with van der Waals surface area (Å²) in [4.78, 5) is 8.26. The van der Waals surface area contributed by atoms with Crippen LogP contribution in [0.3, 0.4) is 0 Å². The molecule has 1 aliphatic rings. The van der Waals surface area contributed by atoms with Gasteiger partial charge in [-0.1, -0.05) is 13.3 Å². The standard InChI is InChI=1S/C15H27BN2O2S/c1-8-10-11-12(17-13(21-11)18(7)9-2)16-19-14(3,4)15(5,6)20-16/h8-10H2,1-7H3. The van der Waals surface area contributed by atoms with Gasteiger partial charge in [-0.15, -0.1) is 11.3 Å². The molecule has 21 heavy (non-hydrogen) atoms. The predicted octanol–water partition coefficient (Wildman–Crippen LogP) is 2.85. The van der Waals surface area contributed by atoms with Gasteiger partial charge in [0.05, 0.1) is 16.8 Å². The topological polar surface area (TPSA) is 34.6 Å². The highest BCUT2D eigenvalue weighted by molar-refractivity contribution is 7.16. The number of rotatable bonds is 5. The Morgan fingerprint density at radius 2 is 1.71 bits per heavy atom. The lowest BCUT2D eigenvalue weighted by Crippen LogP contribution is -2.41. The van der Waals surface area contributed by atoms with Gasteiger partial charge in [0, 0.05) is 18.5 Å². The van der Waals surface area contributed by atoms with Crippen LogP contribution < -0.4 is 10.5 Å². The van der Waals surface area contributed by atoms with Crippen LogP contribution in [0.2, 0.25) is 0 Å². The first-order valence-corrected chi connectivity index (χ1v) is 8.60. The van der Waals surface area contributed by atoms with Crippen LogP contribution in [0, 0.1) is 0 Å². The maximum absolute atomic E-state index is 6.17. The van der Waals surface area contributed by atoms with Crippen molar-refractivity contribution in [2.24, 2.45) is 0 Å². The third-order valence-corrected chi connectivity index (χ3v) is 5.72. The molecular weight excluding hydrogens is 283 g/mol. The summed E-state index contributed by atoms with van der Waals surface area (Å²) in [6, 6.07) is 0. The summed E-state index contributed by atoms with van der Waals surface area (Å²) in [7, 11) is 1.72. The van der Waals surface area contributed by atoms with Crippen molar-refractivity contribution in [1.82, 2.24) is 4.98 Å². The van der Waals surface area contributed by atoms with Crippen LogP contribution in [-0.4, -0.2) is 36.9 Å². The third-order valence-electron chi connectivity index (χ3n) is 4.47. The Balaban J connectivity index is 2.33. The lowest BCUT2D eigenvalue weighted by Gasteiger charge is -2.32. The average molecular weight is 310 g/mol. The number of anilines is 1. The number of hydrogen-bond donors (Lipinski definition) is 0. The van der Waals surface area contributed by atoms with Gasteiger partial charge in [0.25, 0.3) is 0 Å². The van der Waals surface area contributed by atoms with Gasteiger partial charge in [-0.2, -0.15) is 0 Å². The molecule has 0 unspecified atom stereocenters. The van der Waals surface area contributed by atoms with Gasteiger partial charge in [0.2, 0.25) is 0 Å². The van der Waals surface area contributed by atoms with Crippen molar-refractivity contribution >= 4 is 29.2 Å². The van der Waals surface area contributed by atoms with Gasteiger partial charge in [0.15, 0.2) is 5.13 Å². The molecule has 0 atom stereocenters. The van der Waals surface area contributed by atoms with E-state index >= 15 is 0 Å². The molecule has 2 rings (SSSR count). The van der Waals surface area contributed by atoms with Gasteiger partial charge in [-0.3, -0.25) is 0 Å². The Bertz CT molecular complexity index is 486. The van der Waals surface area contributed by atoms with E-state index < -0.39 is 0 Å². The fourth-order valence-electron chi connectivity index (χ4n) is 2.19. The van der Waals surface area contributed by atoms with E-state index in [0.29, 0.717) is 0 Å². The molecule has 0 N–H and O–H groups in total. The Morgan fingerprint density at radius 3 is 2.19 bits per heavy atom. The van der Waals surface area contributed by atoms with Gasteiger partial charge >= 0.3 is 7.12 Å². The normalized spacial score (nSPS) is 20.0. The first kappa shape index (κ1) is 16.8. The lowest BCUT2D eigenvalue weighted by atomic mass is 9.83. The monoisotopic (exact) mass is 310 g/mol. The minimum absolute atomic E-state index is 0.318. The number of hydrogen-bond acceptors (Lipinski definition) is 5.